The zero-order chi connectivity index (χ0) is 16.1. The number of Topliss-reactive ketones (excluding diaryl/α,β-unsaturated/α-hetero) is 1. The number of ketones is 1. The summed E-state index contributed by atoms with van der Waals surface area (Å²) in [5.74, 6) is 0.566. The lowest BCUT2D eigenvalue weighted by Gasteiger charge is -2.32. The van der Waals surface area contributed by atoms with E-state index in [1.165, 1.54) is 17.4 Å². The number of carbonyl (C=O) groups is 1. The number of aromatic nitrogens is 1. The fraction of sp³-hybridized carbons (Fsp3) is 0.526. The van der Waals surface area contributed by atoms with E-state index in [2.05, 4.69) is 36.1 Å². The Labute approximate surface area is 137 Å². The Balaban J connectivity index is 1.76. The predicted octanol–water partition coefficient (Wildman–Crippen LogP) is 3.03. The molecule has 4 nitrogen and oxygen atoms in total. The van der Waals surface area contributed by atoms with Crippen LogP contribution in [-0.4, -0.2) is 35.8 Å². The summed E-state index contributed by atoms with van der Waals surface area (Å²) in [5.41, 5.74) is 10.8. The summed E-state index contributed by atoms with van der Waals surface area (Å²) in [7, 11) is 4.23. The van der Waals surface area contributed by atoms with Gasteiger partial charge in [0.2, 0.25) is 0 Å². The highest BCUT2D eigenvalue weighted by Gasteiger charge is 2.30. The molecule has 0 spiro atoms. The highest BCUT2D eigenvalue weighted by molar-refractivity contribution is 6.02. The van der Waals surface area contributed by atoms with Gasteiger partial charge in [0.1, 0.15) is 0 Å². The van der Waals surface area contributed by atoms with Gasteiger partial charge in [-0.05, 0) is 63.5 Å². The SMILES string of the molecule is CN(C)C1Cc2c([nH]c3ccc(C(=O)C4CCC4)cc23)C(N)C1. The molecule has 1 aromatic carbocycles. The Kier molecular flexibility index (Phi) is 3.54. The molecule has 1 saturated carbocycles. The third-order valence-electron chi connectivity index (χ3n) is 5.77. The average Bonchev–Trinajstić information content (AvgIpc) is 2.84. The fourth-order valence-electron chi connectivity index (χ4n) is 3.99. The van der Waals surface area contributed by atoms with Gasteiger partial charge in [-0.1, -0.05) is 6.42 Å². The molecule has 2 unspecified atom stereocenters. The van der Waals surface area contributed by atoms with Crippen molar-refractivity contribution in [3.8, 4) is 0 Å². The van der Waals surface area contributed by atoms with Crippen LogP contribution in [0.15, 0.2) is 18.2 Å². The molecule has 0 aliphatic heterocycles. The van der Waals surface area contributed by atoms with Crippen LogP contribution in [0.3, 0.4) is 0 Å². The number of hydrogen-bond donors (Lipinski definition) is 2. The Morgan fingerprint density at radius 2 is 2.09 bits per heavy atom. The molecule has 122 valence electrons. The van der Waals surface area contributed by atoms with E-state index in [4.69, 9.17) is 5.73 Å². The second kappa shape index (κ2) is 5.46. The molecule has 1 heterocycles. The first-order valence-electron chi connectivity index (χ1n) is 8.65. The second-order valence-corrected chi connectivity index (χ2v) is 7.43. The highest BCUT2D eigenvalue weighted by Crippen LogP contribution is 2.36. The van der Waals surface area contributed by atoms with Crippen molar-refractivity contribution >= 4 is 16.7 Å². The lowest BCUT2D eigenvalue weighted by molar-refractivity contribution is 0.0855. The first kappa shape index (κ1) is 14.9. The molecular weight excluding hydrogens is 286 g/mol. The molecule has 0 amide bonds. The normalized spacial score (nSPS) is 24.7. The van der Waals surface area contributed by atoms with Crippen LogP contribution in [0.2, 0.25) is 0 Å². The summed E-state index contributed by atoms with van der Waals surface area (Å²) in [4.78, 5) is 18.3. The number of rotatable bonds is 3. The molecule has 3 N–H and O–H groups in total. The molecular formula is C19H25N3O. The number of likely N-dealkylation sites (N-methyl/N-ethyl adjacent to an activating group) is 1. The van der Waals surface area contributed by atoms with Crippen LogP contribution in [-0.2, 0) is 6.42 Å². The fourth-order valence-corrected chi connectivity index (χ4v) is 3.99. The number of benzene rings is 1. The van der Waals surface area contributed by atoms with Gasteiger partial charge in [0.05, 0.1) is 0 Å². The lowest BCUT2D eigenvalue weighted by Crippen LogP contribution is -2.37. The first-order valence-corrected chi connectivity index (χ1v) is 8.65. The van der Waals surface area contributed by atoms with Crippen LogP contribution in [0.4, 0.5) is 0 Å². The average molecular weight is 311 g/mol. The van der Waals surface area contributed by atoms with Crippen molar-refractivity contribution in [1.29, 1.82) is 0 Å². The van der Waals surface area contributed by atoms with Gasteiger partial charge in [-0.25, -0.2) is 0 Å². The third kappa shape index (κ3) is 2.41. The Morgan fingerprint density at radius 3 is 2.74 bits per heavy atom. The summed E-state index contributed by atoms with van der Waals surface area (Å²) < 4.78 is 0. The van der Waals surface area contributed by atoms with Gasteiger partial charge in [-0.3, -0.25) is 4.79 Å². The minimum absolute atomic E-state index is 0.0457. The van der Waals surface area contributed by atoms with Gasteiger partial charge in [-0.15, -0.1) is 0 Å². The van der Waals surface area contributed by atoms with Crippen LogP contribution >= 0.6 is 0 Å². The number of nitrogens with two attached hydrogens (primary N) is 1. The molecule has 2 aromatic rings. The summed E-state index contributed by atoms with van der Waals surface area (Å²) in [6.45, 7) is 0. The minimum Gasteiger partial charge on any atom is -0.357 e. The maximum absolute atomic E-state index is 12.6. The standard InChI is InChI=1S/C19H25N3O/c1-22(2)13-9-15-14-8-12(19(23)11-4-3-5-11)6-7-17(14)21-18(15)16(20)10-13/h6-8,11,13,16,21H,3-5,9-10,20H2,1-2H3. The number of nitrogens with zero attached hydrogens (tertiary/aromatic N) is 1. The quantitative estimate of drug-likeness (QED) is 0.857. The molecule has 4 rings (SSSR count). The van der Waals surface area contributed by atoms with Crippen LogP contribution in [0.5, 0.6) is 0 Å². The van der Waals surface area contributed by atoms with E-state index in [1.807, 2.05) is 6.07 Å². The van der Waals surface area contributed by atoms with Crippen LogP contribution in [0.25, 0.3) is 10.9 Å². The predicted molar refractivity (Wildman–Crippen MR) is 92.7 cm³/mol. The largest absolute Gasteiger partial charge is 0.357 e. The molecule has 2 aliphatic carbocycles. The number of hydrogen-bond acceptors (Lipinski definition) is 3. The molecule has 2 aliphatic rings. The van der Waals surface area contributed by atoms with Crippen molar-refractivity contribution in [2.45, 2.75) is 44.2 Å². The zero-order valence-corrected chi connectivity index (χ0v) is 13.9. The number of nitrogens with one attached hydrogen (secondary N) is 1. The summed E-state index contributed by atoms with van der Waals surface area (Å²) in [6, 6.07) is 6.62. The second-order valence-electron chi connectivity index (χ2n) is 7.43. The third-order valence-corrected chi connectivity index (χ3v) is 5.77. The van der Waals surface area contributed by atoms with Gasteiger partial charge in [0, 0.05) is 40.2 Å². The van der Waals surface area contributed by atoms with Crippen molar-refractivity contribution < 1.29 is 4.79 Å². The van der Waals surface area contributed by atoms with Crippen molar-refractivity contribution in [1.82, 2.24) is 9.88 Å². The van der Waals surface area contributed by atoms with Gasteiger partial charge in [-0.2, -0.15) is 0 Å². The van der Waals surface area contributed by atoms with Crippen molar-refractivity contribution in [3.05, 3.63) is 35.0 Å². The van der Waals surface area contributed by atoms with E-state index >= 15 is 0 Å². The monoisotopic (exact) mass is 311 g/mol. The summed E-state index contributed by atoms with van der Waals surface area (Å²) >= 11 is 0. The van der Waals surface area contributed by atoms with Crippen molar-refractivity contribution in [2.24, 2.45) is 11.7 Å². The van der Waals surface area contributed by atoms with E-state index in [0.29, 0.717) is 11.8 Å². The molecule has 0 radical (unpaired) electrons. The Morgan fingerprint density at radius 1 is 1.30 bits per heavy atom. The maximum atomic E-state index is 12.6. The topological polar surface area (TPSA) is 62.1 Å². The molecule has 4 heteroatoms. The van der Waals surface area contributed by atoms with Gasteiger partial charge in [0.15, 0.2) is 5.78 Å². The van der Waals surface area contributed by atoms with Crippen molar-refractivity contribution in [3.63, 3.8) is 0 Å². The molecule has 1 fully saturated rings. The van der Waals surface area contributed by atoms with Gasteiger partial charge < -0.3 is 15.6 Å². The van der Waals surface area contributed by atoms with Crippen molar-refractivity contribution in [2.75, 3.05) is 14.1 Å². The van der Waals surface area contributed by atoms with E-state index in [-0.39, 0.29) is 12.0 Å². The van der Waals surface area contributed by atoms with Crippen LogP contribution in [0.1, 0.15) is 53.3 Å². The number of fused-ring (bicyclic) bond motifs is 3. The minimum atomic E-state index is 0.0457. The lowest BCUT2D eigenvalue weighted by atomic mass is 9.79. The van der Waals surface area contributed by atoms with E-state index in [9.17, 15) is 4.79 Å². The number of carbonyl (C=O) groups excluding carboxylic acids is 1. The Hall–Kier alpha value is -1.65. The van der Waals surface area contributed by atoms with E-state index in [1.54, 1.807) is 0 Å². The summed E-state index contributed by atoms with van der Waals surface area (Å²) in [5, 5.41) is 1.19. The maximum Gasteiger partial charge on any atom is 0.165 e. The molecule has 23 heavy (non-hydrogen) atoms. The van der Waals surface area contributed by atoms with E-state index < -0.39 is 0 Å². The molecule has 1 aromatic heterocycles. The highest BCUT2D eigenvalue weighted by atomic mass is 16.1. The first-order chi connectivity index (χ1) is 11.0. The van der Waals surface area contributed by atoms with E-state index in [0.717, 1.165) is 42.5 Å². The van der Waals surface area contributed by atoms with Gasteiger partial charge in [0.25, 0.3) is 0 Å². The summed E-state index contributed by atoms with van der Waals surface area (Å²) in [6.07, 6.45) is 5.26. The molecule has 0 saturated heterocycles. The van der Waals surface area contributed by atoms with Crippen LogP contribution in [0, 0.1) is 5.92 Å². The number of aromatic amines is 1. The smallest absolute Gasteiger partial charge is 0.165 e. The molecule has 0 bridgehead atoms. The Bertz CT molecular complexity index is 757. The number of H-pyrrole nitrogens is 1. The zero-order valence-electron chi connectivity index (χ0n) is 13.9. The van der Waals surface area contributed by atoms with Crippen LogP contribution < -0.4 is 5.73 Å². The molecule has 2 atom stereocenters. The van der Waals surface area contributed by atoms with Gasteiger partial charge >= 0.3 is 0 Å².